The van der Waals surface area contributed by atoms with Crippen LogP contribution in [0.1, 0.15) is 22.5 Å². The van der Waals surface area contributed by atoms with Gasteiger partial charge in [0.2, 0.25) is 0 Å². The van der Waals surface area contributed by atoms with Gasteiger partial charge in [-0.2, -0.15) is 0 Å². The van der Waals surface area contributed by atoms with Gasteiger partial charge in [-0.3, -0.25) is 4.79 Å². The molecule has 3 rings (SSSR count). The van der Waals surface area contributed by atoms with E-state index in [-0.39, 0.29) is 5.78 Å². The first kappa shape index (κ1) is 14.9. The zero-order valence-corrected chi connectivity index (χ0v) is 13.0. The predicted octanol–water partition coefficient (Wildman–Crippen LogP) is 2.68. The highest BCUT2D eigenvalue weighted by Gasteiger charge is 2.12. The van der Waals surface area contributed by atoms with E-state index in [1.54, 1.807) is 0 Å². The minimum absolute atomic E-state index is 0.203. The average Bonchev–Trinajstić information content (AvgIpc) is 2.99. The molecule has 1 aliphatic heterocycles. The Morgan fingerprint density at radius 1 is 1.14 bits per heavy atom. The molecule has 1 aromatic carbocycles. The number of hydrogen-bond donors (Lipinski definition) is 0. The smallest absolute Gasteiger partial charge is 0.163 e. The normalized spacial score (nSPS) is 15.0. The van der Waals surface area contributed by atoms with Crippen LogP contribution in [-0.4, -0.2) is 36.7 Å². The maximum atomic E-state index is 12.3. The third-order valence-electron chi connectivity index (χ3n) is 4.23. The van der Waals surface area contributed by atoms with Gasteiger partial charge in [0.05, 0.1) is 13.2 Å². The largest absolute Gasteiger partial charge is 0.378 e. The Morgan fingerprint density at radius 3 is 2.50 bits per heavy atom. The molecular formula is C18H22N2O2. The fourth-order valence-electron chi connectivity index (χ4n) is 2.82. The minimum Gasteiger partial charge on any atom is -0.378 e. The first-order valence-electron chi connectivity index (χ1n) is 7.80. The van der Waals surface area contributed by atoms with Crippen molar-refractivity contribution in [3.05, 3.63) is 53.9 Å². The third kappa shape index (κ3) is 3.39. The Hall–Kier alpha value is -2.07. The van der Waals surface area contributed by atoms with Crippen molar-refractivity contribution in [2.45, 2.75) is 12.8 Å². The lowest BCUT2D eigenvalue weighted by atomic mass is 10.0. The van der Waals surface area contributed by atoms with Crippen LogP contribution in [0.5, 0.6) is 0 Å². The highest BCUT2D eigenvalue weighted by atomic mass is 16.5. The second-order valence-corrected chi connectivity index (χ2v) is 5.68. The van der Waals surface area contributed by atoms with Crippen molar-refractivity contribution in [3.8, 4) is 0 Å². The molecule has 0 aliphatic carbocycles. The van der Waals surface area contributed by atoms with Crippen LogP contribution >= 0.6 is 0 Å². The molecule has 1 aliphatic rings. The Morgan fingerprint density at radius 2 is 1.86 bits per heavy atom. The predicted molar refractivity (Wildman–Crippen MR) is 87.5 cm³/mol. The average molecular weight is 298 g/mol. The van der Waals surface area contributed by atoms with Gasteiger partial charge in [0.1, 0.15) is 0 Å². The zero-order chi connectivity index (χ0) is 15.4. The molecule has 22 heavy (non-hydrogen) atoms. The van der Waals surface area contributed by atoms with E-state index >= 15 is 0 Å². The molecule has 2 aromatic rings. The van der Waals surface area contributed by atoms with Crippen LogP contribution in [0, 0.1) is 0 Å². The van der Waals surface area contributed by atoms with Gasteiger partial charge < -0.3 is 14.2 Å². The van der Waals surface area contributed by atoms with Crippen LogP contribution in [0.3, 0.4) is 0 Å². The van der Waals surface area contributed by atoms with Gasteiger partial charge in [0, 0.05) is 49.7 Å². The molecule has 116 valence electrons. The van der Waals surface area contributed by atoms with Crippen LogP contribution in [0.15, 0.2) is 42.6 Å². The number of ether oxygens (including phenoxy) is 1. The molecule has 0 unspecified atom stereocenters. The minimum atomic E-state index is 0.203. The highest BCUT2D eigenvalue weighted by molar-refractivity contribution is 5.96. The summed E-state index contributed by atoms with van der Waals surface area (Å²) in [5, 5.41) is 0. The number of aryl methyl sites for hydroxylation is 2. The van der Waals surface area contributed by atoms with Crippen molar-refractivity contribution in [1.82, 2.24) is 4.57 Å². The van der Waals surface area contributed by atoms with Gasteiger partial charge in [0.25, 0.3) is 0 Å². The van der Waals surface area contributed by atoms with E-state index < -0.39 is 0 Å². The van der Waals surface area contributed by atoms with Gasteiger partial charge in [-0.1, -0.05) is 0 Å². The number of rotatable bonds is 5. The van der Waals surface area contributed by atoms with Gasteiger partial charge >= 0.3 is 0 Å². The second kappa shape index (κ2) is 6.79. The molecule has 4 heteroatoms. The van der Waals surface area contributed by atoms with E-state index in [4.69, 9.17) is 4.74 Å². The molecule has 1 fully saturated rings. The fraction of sp³-hybridized carbons (Fsp3) is 0.389. The first-order valence-corrected chi connectivity index (χ1v) is 7.80. The number of carbonyl (C=O) groups is 1. The van der Waals surface area contributed by atoms with Crippen molar-refractivity contribution in [1.29, 1.82) is 0 Å². The van der Waals surface area contributed by atoms with Gasteiger partial charge in [-0.25, -0.2) is 0 Å². The van der Waals surface area contributed by atoms with Gasteiger partial charge in [-0.05, 0) is 42.8 Å². The molecule has 0 spiro atoms. The number of hydrogen-bond acceptors (Lipinski definition) is 3. The van der Waals surface area contributed by atoms with Crippen LogP contribution in [-0.2, 0) is 18.2 Å². The number of Topliss-reactive ketones (excluding diaryl/α,β-unsaturated/α-hetero) is 1. The zero-order valence-electron chi connectivity index (χ0n) is 13.0. The number of nitrogens with zero attached hydrogens (tertiary/aromatic N) is 2. The van der Waals surface area contributed by atoms with Crippen molar-refractivity contribution < 1.29 is 9.53 Å². The molecule has 1 saturated heterocycles. The Bertz CT molecular complexity index is 625. The summed E-state index contributed by atoms with van der Waals surface area (Å²) in [4.78, 5) is 14.6. The maximum Gasteiger partial charge on any atom is 0.163 e. The quantitative estimate of drug-likeness (QED) is 0.796. The molecule has 4 nitrogen and oxygen atoms in total. The van der Waals surface area contributed by atoms with Crippen molar-refractivity contribution in [3.63, 3.8) is 0 Å². The summed E-state index contributed by atoms with van der Waals surface area (Å²) in [6.07, 6.45) is 3.35. The van der Waals surface area contributed by atoms with Gasteiger partial charge in [0.15, 0.2) is 5.78 Å². The monoisotopic (exact) mass is 298 g/mol. The summed E-state index contributed by atoms with van der Waals surface area (Å²) in [5.74, 6) is 0.203. The molecule has 1 aromatic heterocycles. The van der Waals surface area contributed by atoms with E-state index in [1.165, 1.54) is 11.4 Å². The van der Waals surface area contributed by atoms with Crippen LogP contribution < -0.4 is 4.90 Å². The van der Waals surface area contributed by atoms with E-state index in [1.807, 2.05) is 43.6 Å². The van der Waals surface area contributed by atoms with E-state index in [0.717, 1.165) is 38.3 Å². The Kier molecular flexibility index (Phi) is 4.59. The lowest BCUT2D eigenvalue weighted by molar-refractivity contribution is 0.0982. The highest BCUT2D eigenvalue weighted by Crippen LogP contribution is 2.18. The molecule has 0 N–H and O–H groups in total. The maximum absolute atomic E-state index is 12.3. The third-order valence-corrected chi connectivity index (χ3v) is 4.23. The molecule has 2 heterocycles. The van der Waals surface area contributed by atoms with E-state index in [2.05, 4.69) is 15.5 Å². The fourth-order valence-corrected chi connectivity index (χ4v) is 2.82. The summed E-state index contributed by atoms with van der Waals surface area (Å²) >= 11 is 0. The molecular weight excluding hydrogens is 276 g/mol. The Balaban J connectivity index is 1.59. The molecule has 0 bridgehead atoms. The van der Waals surface area contributed by atoms with E-state index in [9.17, 15) is 4.79 Å². The summed E-state index contributed by atoms with van der Waals surface area (Å²) in [6.45, 7) is 3.39. The summed E-state index contributed by atoms with van der Waals surface area (Å²) in [7, 11) is 2.01. The van der Waals surface area contributed by atoms with Crippen LogP contribution in [0.4, 0.5) is 5.69 Å². The first-order chi connectivity index (χ1) is 10.7. The SMILES string of the molecule is Cn1cccc1CCC(=O)c1ccc(N2CCOCC2)cc1. The van der Waals surface area contributed by atoms with Crippen molar-refractivity contribution >= 4 is 11.5 Å². The number of aromatic nitrogens is 1. The number of carbonyl (C=O) groups excluding carboxylic acids is 1. The van der Waals surface area contributed by atoms with Crippen molar-refractivity contribution in [2.24, 2.45) is 7.05 Å². The summed E-state index contributed by atoms with van der Waals surface area (Å²) in [6, 6.07) is 12.0. The summed E-state index contributed by atoms with van der Waals surface area (Å²) < 4.78 is 7.43. The number of anilines is 1. The molecule has 0 saturated carbocycles. The van der Waals surface area contributed by atoms with Gasteiger partial charge in [-0.15, -0.1) is 0 Å². The standard InChI is InChI=1S/C18H22N2O2/c1-19-10-2-3-16(19)8-9-18(21)15-4-6-17(7-5-15)20-11-13-22-14-12-20/h2-7,10H,8-9,11-14H2,1H3. The van der Waals surface area contributed by atoms with Crippen molar-refractivity contribution in [2.75, 3.05) is 31.2 Å². The lowest BCUT2D eigenvalue weighted by Gasteiger charge is -2.28. The van der Waals surface area contributed by atoms with E-state index in [0.29, 0.717) is 6.42 Å². The number of ketones is 1. The topological polar surface area (TPSA) is 34.5 Å². The Labute approximate surface area is 131 Å². The summed E-state index contributed by atoms with van der Waals surface area (Å²) in [5.41, 5.74) is 3.16. The number of morpholine rings is 1. The number of benzene rings is 1. The molecule has 0 atom stereocenters. The lowest BCUT2D eigenvalue weighted by Crippen LogP contribution is -2.36. The molecule has 0 radical (unpaired) electrons. The second-order valence-electron chi connectivity index (χ2n) is 5.68. The van der Waals surface area contributed by atoms with Crippen LogP contribution in [0.2, 0.25) is 0 Å². The molecule has 0 amide bonds. The van der Waals surface area contributed by atoms with Crippen LogP contribution in [0.25, 0.3) is 0 Å².